The first-order valence-corrected chi connectivity index (χ1v) is 9.06. The number of carbonyl (C=O) groups excluding carboxylic acids is 2. The van der Waals surface area contributed by atoms with E-state index < -0.39 is 18.1 Å². The number of fused-ring (bicyclic) bond motifs is 1. The van der Waals surface area contributed by atoms with E-state index in [0.29, 0.717) is 18.1 Å². The van der Waals surface area contributed by atoms with Crippen molar-refractivity contribution in [3.05, 3.63) is 47.5 Å². The highest BCUT2D eigenvalue weighted by Gasteiger charge is 2.38. The smallest absolute Gasteiger partial charge is 0.329 e. The van der Waals surface area contributed by atoms with Crippen molar-refractivity contribution in [2.75, 3.05) is 7.11 Å². The number of amides is 1. The maximum Gasteiger partial charge on any atom is 0.329 e. The monoisotopic (exact) mass is 371 g/mol. The number of ether oxygens (including phenoxy) is 2. The van der Waals surface area contributed by atoms with E-state index in [0.717, 1.165) is 11.4 Å². The van der Waals surface area contributed by atoms with Crippen LogP contribution in [0.4, 0.5) is 0 Å². The molecule has 1 aliphatic rings. The van der Waals surface area contributed by atoms with Gasteiger partial charge in [-0.2, -0.15) is 0 Å². The van der Waals surface area contributed by atoms with Crippen LogP contribution in [0.2, 0.25) is 0 Å². The van der Waals surface area contributed by atoms with Crippen molar-refractivity contribution in [1.82, 2.24) is 14.9 Å². The molecule has 0 saturated heterocycles. The molecule has 1 aromatic heterocycles. The Labute approximate surface area is 158 Å². The van der Waals surface area contributed by atoms with Crippen LogP contribution in [0.25, 0.3) is 0 Å². The summed E-state index contributed by atoms with van der Waals surface area (Å²) in [6.07, 6.45) is 1.17. The lowest BCUT2D eigenvalue weighted by Gasteiger charge is -2.34. The Morgan fingerprint density at radius 2 is 1.93 bits per heavy atom. The fraction of sp³-hybridized carbons (Fsp3) is 0.450. The van der Waals surface area contributed by atoms with Gasteiger partial charge in [-0.3, -0.25) is 4.79 Å². The number of esters is 1. The van der Waals surface area contributed by atoms with Gasteiger partial charge in [0, 0.05) is 6.42 Å². The highest BCUT2D eigenvalue weighted by Crippen LogP contribution is 2.24. The van der Waals surface area contributed by atoms with Gasteiger partial charge in [0.1, 0.15) is 11.8 Å². The fourth-order valence-corrected chi connectivity index (χ4v) is 3.23. The van der Waals surface area contributed by atoms with Crippen LogP contribution < -0.4 is 4.74 Å². The number of aromatic nitrogens is 2. The van der Waals surface area contributed by atoms with Gasteiger partial charge >= 0.3 is 5.97 Å². The second kappa shape index (κ2) is 7.82. The van der Waals surface area contributed by atoms with Gasteiger partial charge in [0.2, 0.25) is 0 Å². The molecule has 1 aliphatic heterocycles. The Morgan fingerprint density at radius 1 is 1.22 bits per heavy atom. The van der Waals surface area contributed by atoms with Gasteiger partial charge in [0.25, 0.3) is 5.91 Å². The normalized spacial score (nSPS) is 17.4. The highest BCUT2D eigenvalue weighted by atomic mass is 16.5. The topological polar surface area (TPSA) is 84.5 Å². The van der Waals surface area contributed by atoms with Crippen LogP contribution in [0.15, 0.2) is 30.6 Å². The lowest BCUT2D eigenvalue weighted by molar-refractivity contribution is -0.156. The number of nitrogens with one attached hydrogen (secondary N) is 1. The summed E-state index contributed by atoms with van der Waals surface area (Å²) < 4.78 is 10.7. The molecule has 7 heteroatoms. The number of methoxy groups -OCH3 is 1. The van der Waals surface area contributed by atoms with Gasteiger partial charge in [-0.05, 0) is 30.5 Å². The van der Waals surface area contributed by atoms with Crippen LogP contribution in [0.3, 0.4) is 0 Å². The third-order valence-corrected chi connectivity index (χ3v) is 4.86. The van der Waals surface area contributed by atoms with Crippen molar-refractivity contribution >= 4 is 11.9 Å². The molecule has 2 heterocycles. The zero-order valence-electron chi connectivity index (χ0n) is 16.1. The standard InChI is InChI=1S/C20H25N3O4/c1-12(2)14-5-7-15(8-6-14)27-13(3)19(24)23-10-17-16(21-11-22-17)9-18(23)20(25)26-4/h5-8,11-13,18H,9-10H2,1-4H3,(H,21,22). The molecular weight excluding hydrogens is 346 g/mol. The van der Waals surface area contributed by atoms with Crippen LogP contribution in [0, 0.1) is 0 Å². The van der Waals surface area contributed by atoms with Crippen LogP contribution in [0.5, 0.6) is 5.75 Å². The molecule has 7 nitrogen and oxygen atoms in total. The van der Waals surface area contributed by atoms with Crippen LogP contribution >= 0.6 is 0 Å². The summed E-state index contributed by atoms with van der Waals surface area (Å²) in [5, 5.41) is 0. The quantitative estimate of drug-likeness (QED) is 0.816. The molecule has 2 aromatic rings. The number of nitrogens with zero attached hydrogens (tertiary/aromatic N) is 2. The number of aromatic amines is 1. The zero-order chi connectivity index (χ0) is 19.6. The van der Waals surface area contributed by atoms with Crippen molar-refractivity contribution < 1.29 is 19.1 Å². The van der Waals surface area contributed by atoms with Crippen LogP contribution in [0.1, 0.15) is 43.6 Å². The van der Waals surface area contributed by atoms with Crippen molar-refractivity contribution in [2.24, 2.45) is 0 Å². The molecule has 2 atom stereocenters. The van der Waals surface area contributed by atoms with E-state index in [-0.39, 0.29) is 12.5 Å². The number of imidazole rings is 1. The summed E-state index contributed by atoms with van der Waals surface area (Å²) in [6, 6.07) is 7.01. The average molecular weight is 371 g/mol. The Bertz CT molecular complexity index is 813. The Kier molecular flexibility index (Phi) is 5.48. The first-order chi connectivity index (χ1) is 12.9. The first-order valence-electron chi connectivity index (χ1n) is 9.06. The molecule has 27 heavy (non-hydrogen) atoms. The lowest BCUT2D eigenvalue weighted by Crippen LogP contribution is -2.52. The molecule has 0 radical (unpaired) electrons. The Morgan fingerprint density at radius 3 is 2.56 bits per heavy atom. The lowest BCUT2D eigenvalue weighted by atomic mass is 10.0. The van der Waals surface area contributed by atoms with Crippen LogP contribution in [-0.4, -0.2) is 46.0 Å². The number of hydrogen-bond acceptors (Lipinski definition) is 5. The van der Waals surface area contributed by atoms with Crippen molar-refractivity contribution in [3.8, 4) is 5.75 Å². The zero-order valence-corrected chi connectivity index (χ0v) is 16.1. The molecule has 1 N–H and O–H groups in total. The predicted molar refractivity (Wildman–Crippen MR) is 99.3 cm³/mol. The summed E-state index contributed by atoms with van der Waals surface area (Å²) in [7, 11) is 1.32. The maximum atomic E-state index is 13.0. The van der Waals surface area contributed by atoms with E-state index in [9.17, 15) is 9.59 Å². The molecule has 0 fully saturated rings. The van der Waals surface area contributed by atoms with Gasteiger partial charge < -0.3 is 19.4 Å². The highest BCUT2D eigenvalue weighted by molar-refractivity contribution is 5.87. The number of rotatable bonds is 5. The van der Waals surface area contributed by atoms with Gasteiger partial charge in [-0.1, -0.05) is 26.0 Å². The van der Waals surface area contributed by atoms with E-state index in [1.165, 1.54) is 17.6 Å². The number of hydrogen-bond donors (Lipinski definition) is 1. The summed E-state index contributed by atoms with van der Waals surface area (Å²) in [6.45, 7) is 6.20. The van der Waals surface area contributed by atoms with E-state index in [1.54, 1.807) is 13.3 Å². The second-order valence-electron chi connectivity index (χ2n) is 7.02. The Hall–Kier alpha value is -2.83. The number of carbonyl (C=O) groups is 2. The SMILES string of the molecule is COC(=O)C1Cc2nc[nH]c2CN1C(=O)C(C)Oc1ccc(C(C)C)cc1. The summed E-state index contributed by atoms with van der Waals surface area (Å²) in [4.78, 5) is 33.9. The van der Waals surface area contributed by atoms with E-state index in [1.807, 2.05) is 24.3 Å². The first kappa shape index (κ1) is 18.9. The summed E-state index contributed by atoms with van der Waals surface area (Å²) >= 11 is 0. The van der Waals surface area contributed by atoms with Crippen LogP contribution in [-0.2, 0) is 27.3 Å². The van der Waals surface area contributed by atoms with Crippen molar-refractivity contribution in [3.63, 3.8) is 0 Å². The molecule has 3 rings (SSSR count). The van der Waals surface area contributed by atoms with Crippen molar-refractivity contribution in [2.45, 2.75) is 51.8 Å². The largest absolute Gasteiger partial charge is 0.481 e. The molecule has 1 aromatic carbocycles. The van der Waals surface area contributed by atoms with Gasteiger partial charge in [-0.15, -0.1) is 0 Å². The molecule has 1 amide bonds. The summed E-state index contributed by atoms with van der Waals surface area (Å²) in [5.74, 6) is 0.328. The minimum absolute atomic E-state index is 0.265. The van der Waals surface area contributed by atoms with E-state index >= 15 is 0 Å². The minimum atomic E-state index is -0.730. The molecular formula is C20H25N3O4. The molecule has 0 bridgehead atoms. The third kappa shape index (κ3) is 3.97. The number of benzene rings is 1. The second-order valence-corrected chi connectivity index (χ2v) is 7.02. The van der Waals surface area contributed by atoms with Gasteiger partial charge in [0.05, 0.1) is 31.4 Å². The maximum absolute atomic E-state index is 13.0. The van der Waals surface area contributed by atoms with Crippen molar-refractivity contribution in [1.29, 1.82) is 0 Å². The number of H-pyrrole nitrogens is 1. The Balaban J connectivity index is 1.75. The summed E-state index contributed by atoms with van der Waals surface area (Å²) in [5.41, 5.74) is 2.82. The van der Waals surface area contributed by atoms with Gasteiger partial charge in [0.15, 0.2) is 6.10 Å². The third-order valence-electron chi connectivity index (χ3n) is 4.86. The minimum Gasteiger partial charge on any atom is -0.481 e. The van der Waals surface area contributed by atoms with E-state index in [2.05, 4.69) is 23.8 Å². The van der Waals surface area contributed by atoms with E-state index in [4.69, 9.17) is 9.47 Å². The average Bonchev–Trinajstić information content (AvgIpc) is 3.13. The molecule has 2 unspecified atom stereocenters. The molecule has 0 saturated carbocycles. The molecule has 144 valence electrons. The molecule has 0 aliphatic carbocycles. The molecule has 0 spiro atoms. The fourth-order valence-electron chi connectivity index (χ4n) is 3.23. The predicted octanol–water partition coefficient (Wildman–Crippen LogP) is 2.43. The van der Waals surface area contributed by atoms with Gasteiger partial charge in [-0.25, -0.2) is 9.78 Å².